The van der Waals surface area contributed by atoms with Crippen molar-refractivity contribution in [2.75, 3.05) is 50.6 Å². The van der Waals surface area contributed by atoms with E-state index in [1.165, 1.54) is 10.9 Å². The van der Waals surface area contributed by atoms with Crippen molar-refractivity contribution < 1.29 is 38.8 Å². The molecule has 0 radical (unpaired) electrons. The number of aliphatic hydroxyl groups excluding tert-OH is 2. The lowest BCUT2D eigenvalue weighted by molar-refractivity contribution is -0.0331. The van der Waals surface area contributed by atoms with Gasteiger partial charge in [-0.25, -0.2) is 10.1 Å². The van der Waals surface area contributed by atoms with Gasteiger partial charge in [-0.15, -0.1) is 0 Å². The first-order valence-electron chi connectivity index (χ1n) is 10.3. The van der Waals surface area contributed by atoms with Crippen LogP contribution in [0.5, 0.6) is 0 Å². The monoisotopic (exact) mass is 541 g/mol. The highest BCUT2D eigenvalue weighted by Crippen LogP contribution is 2.52. The van der Waals surface area contributed by atoms with Crippen molar-refractivity contribution >= 4 is 43.7 Å². The molecule has 3 unspecified atom stereocenters. The molecule has 34 heavy (non-hydrogen) atoms. The summed E-state index contributed by atoms with van der Waals surface area (Å²) < 4.78 is 30.1. The third-order valence-corrected chi connectivity index (χ3v) is 9.56. The van der Waals surface area contributed by atoms with Crippen molar-refractivity contribution in [2.24, 2.45) is 0 Å². The van der Waals surface area contributed by atoms with Crippen molar-refractivity contribution in [3.63, 3.8) is 0 Å². The van der Waals surface area contributed by atoms with Gasteiger partial charge in [0, 0.05) is 32.7 Å². The second-order valence-electron chi connectivity index (χ2n) is 8.35. The number of aliphatic hydroxyl groups is 2. The summed E-state index contributed by atoms with van der Waals surface area (Å²) >= 11 is 6.17. The number of nitrogens with one attached hydrogen (secondary N) is 1. The van der Waals surface area contributed by atoms with E-state index in [9.17, 15) is 24.2 Å². The summed E-state index contributed by atoms with van der Waals surface area (Å²) in [5, 5.41) is 23.1. The van der Waals surface area contributed by atoms with Crippen LogP contribution in [0.25, 0.3) is 11.2 Å². The Balaban J connectivity index is 1.55. The first-order valence-corrected chi connectivity index (χ1v) is 14.3. The fourth-order valence-corrected chi connectivity index (χ4v) is 6.98. The van der Waals surface area contributed by atoms with E-state index in [0.29, 0.717) is 24.4 Å². The molecule has 15 nitrogen and oxygen atoms in total. The number of ether oxygens (including phenoxy) is 1. The van der Waals surface area contributed by atoms with E-state index < -0.39 is 52.1 Å². The summed E-state index contributed by atoms with van der Waals surface area (Å²) in [6, 6.07) is 0. The van der Waals surface area contributed by atoms with Crippen molar-refractivity contribution in [3.05, 3.63) is 11.6 Å². The van der Waals surface area contributed by atoms with Crippen LogP contribution in [0, 0.1) is 0 Å². The van der Waals surface area contributed by atoms with Crippen molar-refractivity contribution in [1.29, 1.82) is 0 Å². The molecule has 2 aliphatic heterocycles. The van der Waals surface area contributed by atoms with Crippen LogP contribution in [0.2, 0.25) is 5.28 Å². The Hall–Kier alpha value is -1.22. The Kier molecular flexibility index (Phi) is 7.36. The highest BCUT2D eigenvalue weighted by Gasteiger charge is 2.45. The van der Waals surface area contributed by atoms with E-state index in [1.54, 1.807) is 0 Å². The van der Waals surface area contributed by atoms with E-state index in [4.69, 9.17) is 26.1 Å². The Morgan fingerprint density at radius 2 is 1.82 bits per heavy atom. The van der Waals surface area contributed by atoms with Crippen LogP contribution >= 0.6 is 26.7 Å². The minimum absolute atomic E-state index is 0.0342. The molecule has 4 heterocycles. The Morgan fingerprint density at radius 3 is 2.47 bits per heavy atom. The van der Waals surface area contributed by atoms with Gasteiger partial charge in [0.05, 0.1) is 6.33 Å². The molecule has 2 fully saturated rings. The van der Waals surface area contributed by atoms with Gasteiger partial charge in [-0.05, 0) is 18.6 Å². The third kappa shape index (κ3) is 5.61. The van der Waals surface area contributed by atoms with Gasteiger partial charge < -0.3 is 39.4 Å². The first kappa shape index (κ1) is 25.9. The summed E-state index contributed by atoms with van der Waals surface area (Å²) in [6.07, 6.45) is -3.87. The van der Waals surface area contributed by atoms with Crippen LogP contribution in [-0.2, 0) is 13.9 Å². The van der Waals surface area contributed by atoms with Crippen LogP contribution in [-0.4, -0.2) is 113 Å². The molecule has 2 aromatic rings. The molecule has 0 aliphatic carbocycles. The fraction of sp³-hybridized carbons (Fsp3) is 0.688. The van der Waals surface area contributed by atoms with Crippen LogP contribution in [0.4, 0.5) is 5.82 Å². The number of hydrogen-bond acceptors (Lipinski definition) is 10. The van der Waals surface area contributed by atoms with E-state index in [2.05, 4.69) is 24.9 Å². The maximum atomic E-state index is 12.0. The summed E-state index contributed by atoms with van der Waals surface area (Å²) in [4.78, 5) is 44.8. The average Bonchev–Trinajstić information content (AvgIpc) is 3.26. The zero-order chi connectivity index (χ0) is 24.8. The molecule has 0 bridgehead atoms. The number of aromatic nitrogens is 4. The number of piperazine rings is 1. The molecule has 2 aromatic heterocycles. The maximum Gasteiger partial charge on any atom is 0.336 e. The van der Waals surface area contributed by atoms with E-state index in [1.807, 2.05) is 11.9 Å². The van der Waals surface area contributed by atoms with Gasteiger partial charge in [0.2, 0.25) is 5.28 Å². The van der Waals surface area contributed by atoms with Gasteiger partial charge >= 0.3 is 7.60 Å². The lowest BCUT2D eigenvalue weighted by Gasteiger charge is -2.33. The molecule has 2 aliphatic rings. The van der Waals surface area contributed by atoms with E-state index in [-0.39, 0.29) is 10.9 Å². The van der Waals surface area contributed by atoms with Gasteiger partial charge in [-0.3, -0.25) is 13.7 Å². The van der Waals surface area contributed by atoms with Crippen molar-refractivity contribution in [1.82, 2.24) is 29.5 Å². The molecular formula is C16H26ClN7O8P2. The quantitative estimate of drug-likeness (QED) is 0.179. The van der Waals surface area contributed by atoms with Gasteiger partial charge in [0.15, 0.2) is 23.2 Å². The Labute approximate surface area is 199 Å². The van der Waals surface area contributed by atoms with E-state index >= 15 is 0 Å². The molecule has 0 aromatic carbocycles. The second kappa shape index (κ2) is 9.68. The SMILES string of the molecule is CN1CCN(c2nc(Cl)nc3c2ncn3[C@@H]2O[C@H](CNP(=O)(O)CP(=O)(O)O)C(O)C2O)CC1. The maximum absolute atomic E-state index is 12.0. The van der Waals surface area contributed by atoms with Crippen LogP contribution in [0.3, 0.4) is 0 Å². The molecule has 0 saturated carbocycles. The van der Waals surface area contributed by atoms with Gasteiger partial charge in [0.25, 0.3) is 7.52 Å². The topological polar surface area (TPSA) is 207 Å². The predicted octanol–water partition coefficient (Wildman–Crippen LogP) is -1.24. The molecule has 190 valence electrons. The third-order valence-electron chi connectivity index (χ3n) is 5.71. The smallest absolute Gasteiger partial charge is 0.336 e. The average molecular weight is 542 g/mol. The lowest BCUT2D eigenvalue weighted by Crippen LogP contribution is -2.45. The van der Waals surface area contributed by atoms with Gasteiger partial charge in [-0.2, -0.15) is 9.97 Å². The minimum atomic E-state index is -4.75. The van der Waals surface area contributed by atoms with Crippen LogP contribution in [0.15, 0.2) is 6.33 Å². The zero-order valence-electron chi connectivity index (χ0n) is 18.0. The van der Waals surface area contributed by atoms with Crippen LogP contribution < -0.4 is 9.99 Å². The lowest BCUT2D eigenvalue weighted by atomic mass is 10.1. The fourth-order valence-electron chi connectivity index (χ4n) is 3.96. The molecule has 18 heteroatoms. The standard InChI is InChI=1S/C16H26ClN7O8P2/c1-22-2-4-23(5-3-22)13-10-14(21-16(17)20-13)24(7-18-10)15-12(26)11(25)9(32-15)6-19-33(27,28)8-34(29,30)31/h7,9,11-12,15,25-26H,2-6,8H2,1H3,(H2,19,27,28)(H2,29,30,31)/t9-,11?,12?,15-/m1/s1. The molecule has 2 saturated heterocycles. The molecule has 4 rings (SSSR count). The first-order chi connectivity index (χ1) is 15.8. The summed E-state index contributed by atoms with van der Waals surface area (Å²) in [7, 11) is -7.15. The normalized spacial score (nSPS) is 28.5. The predicted molar refractivity (Wildman–Crippen MR) is 121 cm³/mol. The number of fused-ring (bicyclic) bond motifs is 1. The van der Waals surface area contributed by atoms with Gasteiger partial charge in [0.1, 0.15) is 24.2 Å². The second-order valence-corrected chi connectivity index (χ2v) is 12.9. The molecule has 6 N–H and O–H groups in total. The number of anilines is 1. The summed E-state index contributed by atoms with van der Waals surface area (Å²) in [6.45, 7) is 2.61. The number of likely N-dealkylation sites (N-methyl/N-ethyl adjacent to an activating group) is 1. The highest BCUT2D eigenvalue weighted by atomic mass is 35.5. The molecule has 0 amide bonds. The number of imidazole rings is 1. The molecule has 0 spiro atoms. The van der Waals surface area contributed by atoms with Crippen molar-refractivity contribution in [2.45, 2.75) is 24.5 Å². The minimum Gasteiger partial charge on any atom is -0.387 e. The van der Waals surface area contributed by atoms with E-state index in [0.717, 1.165) is 13.1 Å². The van der Waals surface area contributed by atoms with Gasteiger partial charge in [-0.1, -0.05) is 0 Å². The Bertz CT molecular complexity index is 1140. The Morgan fingerprint density at radius 1 is 1.15 bits per heavy atom. The number of nitrogens with zero attached hydrogens (tertiary/aromatic N) is 6. The zero-order valence-corrected chi connectivity index (χ0v) is 20.6. The molecule has 5 atom stereocenters. The largest absolute Gasteiger partial charge is 0.387 e. The number of hydrogen-bond donors (Lipinski definition) is 6. The summed E-state index contributed by atoms with van der Waals surface area (Å²) in [5.41, 5.74) is 0.704. The van der Waals surface area contributed by atoms with Crippen LogP contribution in [0.1, 0.15) is 6.23 Å². The molecular weight excluding hydrogens is 516 g/mol. The number of halogens is 1. The summed E-state index contributed by atoms with van der Waals surface area (Å²) in [5.74, 6) is -0.738. The van der Waals surface area contributed by atoms with Crippen molar-refractivity contribution in [3.8, 4) is 0 Å². The number of rotatable bonds is 7. The highest BCUT2D eigenvalue weighted by molar-refractivity contribution is 7.71.